The quantitative estimate of drug-likeness (QED) is 0.511. The molecule has 2 rings (SSSR count). The average molecular weight is 474 g/mol. The lowest BCUT2D eigenvalue weighted by atomic mass is 10.1. The minimum atomic E-state index is -3.49. The lowest BCUT2D eigenvalue weighted by Gasteiger charge is -2.30. The standard InChI is InChI=1S/C25H35N3O4S/c1-5-20(2)26-25(30)21(3)27(19-22-13-8-6-9-14-22)24(29)17-12-18-28(33(4,31)32)23-15-10-7-11-16-23/h6-11,13-16,20-21H,5,12,17-19H2,1-4H3,(H,26,30)/t20-,21+/m1/s1. The Labute approximate surface area is 197 Å². The Balaban J connectivity index is 2.12. The number of amides is 2. The third-order valence-electron chi connectivity index (χ3n) is 5.56. The molecule has 0 fully saturated rings. The molecule has 2 aromatic carbocycles. The molecule has 2 aromatic rings. The van der Waals surface area contributed by atoms with Gasteiger partial charge < -0.3 is 10.2 Å². The Kier molecular flexibility index (Phi) is 9.91. The maximum absolute atomic E-state index is 13.2. The Bertz CT molecular complexity index is 997. The highest BCUT2D eigenvalue weighted by Crippen LogP contribution is 2.18. The van der Waals surface area contributed by atoms with Gasteiger partial charge in [-0.1, -0.05) is 55.5 Å². The predicted octanol–water partition coefficient (Wildman–Crippen LogP) is 3.56. The maximum Gasteiger partial charge on any atom is 0.242 e. The average Bonchev–Trinajstić information content (AvgIpc) is 2.80. The molecule has 0 unspecified atom stereocenters. The third-order valence-corrected chi connectivity index (χ3v) is 6.75. The zero-order valence-electron chi connectivity index (χ0n) is 19.9. The van der Waals surface area contributed by atoms with Crippen molar-refractivity contribution in [1.82, 2.24) is 10.2 Å². The molecule has 33 heavy (non-hydrogen) atoms. The molecule has 0 aromatic heterocycles. The Hall–Kier alpha value is -2.87. The summed E-state index contributed by atoms with van der Waals surface area (Å²) in [7, 11) is -3.49. The van der Waals surface area contributed by atoms with Gasteiger partial charge in [-0.15, -0.1) is 0 Å². The van der Waals surface area contributed by atoms with Crippen LogP contribution < -0.4 is 9.62 Å². The van der Waals surface area contributed by atoms with Gasteiger partial charge in [0.1, 0.15) is 6.04 Å². The lowest BCUT2D eigenvalue weighted by Crippen LogP contribution is -2.49. The van der Waals surface area contributed by atoms with E-state index in [2.05, 4.69) is 5.32 Å². The van der Waals surface area contributed by atoms with Crippen LogP contribution in [0.4, 0.5) is 5.69 Å². The molecule has 0 saturated heterocycles. The van der Waals surface area contributed by atoms with Crippen molar-refractivity contribution in [2.45, 2.75) is 58.7 Å². The molecule has 0 aliphatic heterocycles. The first-order chi connectivity index (χ1) is 15.6. The summed E-state index contributed by atoms with van der Waals surface area (Å²) in [6.07, 6.45) is 2.43. The molecule has 0 bridgehead atoms. The summed E-state index contributed by atoms with van der Waals surface area (Å²) in [6.45, 7) is 6.13. The molecular formula is C25H35N3O4S. The molecule has 7 nitrogen and oxygen atoms in total. The molecule has 0 aliphatic rings. The summed E-state index contributed by atoms with van der Waals surface area (Å²) < 4.78 is 25.9. The number of benzene rings is 2. The highest BCUT2D eigenvalue weighted by Gasteiger charge is 2.27. The first-order valence-electron chi connectivity index (χ1n) is 11.3. The largest absolute Gasteiger partial charge is 0.352 e. The van der Waals surface area contributed by atoms with Crippen LogP contribution in [0.3, 0.4) is 0 Å². The molecule has 0 radical (unpaired) electrons. The number of hydrogen-bond acceptors (Lipinski definition) is 4. The van der Waals surface area contributed by atoms with Crippen molar-refractivity contribution in [1.29, 1.82) is 0 Å². The van der Waals surface area contributed by atoms with Gasteiger partial charge in [0.2, 0.25) is 21.8 Å². The van der Waals surface area contributed by atoms with Crippen LogP contribution >= 0.6 is 0 Å². The van der Waals surface area contributed by atoms with Crippen LogP contribution in [0.25, 0.3) is 0 Å². The van der Waals surface area contributed by atoms with E-state index in [1.807, 2.05) is 50.2 Å². The summed E-state index contributed by atoms with van der Waals surface area (Å²) in [6, 6.07) is 17.7. The molecular weight excluding hydrogens is 438 g/mol. The number of carbonyl (C=O) groups is 2. The SMILES string of the molecule is CC[C@@H](C)NC(=O)[C@H](C)N(Cc1ccccc1)C(=O)CCCN(c1ccccc1)S(C)(=O)=O. The molecule has 1 N–H and O–H groups in total. The molecule has 180 valence electrons. The van der Waals surface area contributed by atoms with Crippen LogP contribution in [0.1, 0.15) is 45.6 Å². The molecule has 2 amide bonds. The van der Waals surface area contributed by atoms with Crippen molar-refractivity contribution in [2.24, 2.45) is 0 Å². The van der Waals surface area contributed by atoms with Crippen LogP contribution in [0.15, 0.2) is 60.7 Å². The van der Waals surface area contributed by atoms with Crippen molar-refractivity contribution in [2.75, 3.05) is 17.1 Å². The van der Waals surface area contributed by atoms with E-state index in [0.29, 0.717) is 18.7 Å². The minimum absolute atomic E-state index is 0.0165. The minimum Gasteiger partial charge on any atom is -0.352 e. The second-order valence-corrected chi connectivity index (χ2v) is 10.2. The predicted molar refractivity (Wildman–Crippen MR) is 132 cm³/mol. The molecule has 2 atom stereocenters. The van der Waals surface area contributed by atoms with Gasteiger partial charge in [0.15, 0.2) is 0 Å². The first-order valence-corrected chi connectivity index (χ1v) is 13.1. The number of anilines is 1. The number of carbonyl (C=O) groups excluding carboxylic acids is 2. The molecule has 0 heterocycles. The summed E-state index contributed by atoms with van der Waals surface area (Å²) in [5, 5.41) is 2.95. The van der Waals surface area contributed by atoms with Crippen molar-refractivity contribution < 1.29 is 18.0 Å². The van der Waals surface area contributed by atoms with Crippen LogP contribution in [-0.4, -0.2) is 50.0 Å². The summed E-state index contributed by atoms with van der Waals surface area (Å²) >= 11 is 0. The van der Waals surface area contributed by atoms with E-state index in [-0.39, 0.29) is 30.8 Å². The highest BCUT2D eigenvalue weighted by molar-refractivity contribution is 7.92. The van der Waals surface area contributed by atoms with Gasteiger partial charge in [-0.25, -0.2) is 8.42 Å². The van der Waals surface area contributed by atoms with Crippen molar-refractivity contribution >= 4 is 27.5 Å². The van der Waals surface area contributed by atoms with Crippen LogP contribution in [0.2, 0.25) is 0 Å². The van der Waals surface area contributed by atoms with Gasteiger partial charge in [0, 0.05) is 25.6 Å². The van der Waals surface area contributed by atoms with Gasteiger partial charge in [0.25, 0.3) is 0 Å². The van der Waals surface area contributed by atoms with E-state index in [1.165, 1.54) is 4.31 Å². The van der Waals surface area contributed by atoms with E-state index >= 15 is 0 Å². The lowest BCUT2D eigenvalue weighted by molar-refractivity contribution is -0.140. The van der Waals surface area contributed by atoms with Gasteiger partial charge in [-0.2, -0.15) is 0 Å². The fourth-order valence-electron chi connectivity index (χ4n) is 3.43. The second-order valence-electron chi connectivity index (χ2n) is 8.28. The molecule has 0 aliphatic carbocycles. The summed E-state index contributed by atoms with van der Waals surface area (Å²) in [5.74, 6) is -0.386. The van der Waals surface area contributed by atoms with Gasteiger partial charge in [-0.05, 0) is 44.4 Å². The molecule has 0 spiro atoms. The van der Waals surface area contributed by atoms with Crippen LogP contribution in [0, 0.1) is 0 Å². The highest BCUT2D eigenvalue weighted by atomic mass is 32.2. The summed E-state index contributed by atoms with van der Waals surface area (Å²) in [5.41, 5.74) is 1.49. The zero-order chi connectivity index (χ0) is 24.4. The van der Waals surface area contributed by atoms with Gasteiger partial charge >= 0.3 is 0 Å². The van der Waals surface area contributed by atoms with E-state index < -0.39 is 16.1 Å². The van der Waals surface area contributed by atoms with E-state index in [4.69, 9.17) is 0 Å². The van der Waals surface area contributed by atoms with E-state index in [0.717, 1.165) is 18.2 Å². The normalized spacial score (nSPS) is 13.1. The van der Waals surface area contributed by atoms with Crippen LogP contribution in [-0.2, 0) is 26.2 Å². The Morgan fingerprint density at radius 2 is 1.55 bits per heavy atom. The molecule has 8 heteroatoms. The number of hydrogen-bond donors (Lipinski definition) is 1. The fourth-order valence-corrected chi connectivity index (χ4v) is 4.39. The first kappa shape index (κ1) is 26.4. The number of para-hydroxylation sites is 1. The van der Waals surface area contributed by atoms with Crippen LogP contribution in [0.5, 0.6) is 0 Å². The second kappa shape index (κ2) is 12.4. The van der Waals surface area contributed by atoms with Gasteiger partial charge in [-0.3, -0.25) is 13.9 Å². The van der Waals surface area contributed by atoms with E-state index in [1.54, 1.807) is 36.1 Å². The number of sulfonamides is 1. The fraction of sp³-hybridized carbons (Fsp3) is 0.440. The summed E-state index contributed by atoms with van der Waals surface area (Å²) in [4.78, 5) is 27.5. The van der Waals surface area contributed by atoms with Crippen molar-refractivity contribution in [3.63, 3.8) is 0 Å². The third kappa shape index (κ3) is 8.20. The van der Waals surface area contributed by atoms with Gasteiger partial charge in [0.05, 0.1) is 11.9 Å². The molecule has 0 saturated carbocycles. The van der Waals surface area contributed by atoms with Crippen molar-refractivity contribution in [3.8, 4) is 0 Å². The number of nitrogens with one attached hydrogen (secondary N) is 1. The number of rotatable bonds is 12. The van der Waals surface area contributed by atoms with E-state index in [9.17, 15) is 18.0 Å². The monoisotopic (exact) mass is 473 g/mol. The number of nitrogens with zero attached hydrogens (tertiary/aromatic N) is 2. The smallest absolute Gasteiger partial charge is 0.242 e. The Morgan fingerprint density at radius 3 is 2.09 bits per heavy atom. The maximum atomic E-state index is 13.2. The topological polar surface area (TPSA) is 86.8 Å². The zero-order valence-corrected chi connectivity index (χ0v) is 20.7. The van der Waals surface area contributed by atoms with Crippen molar-refractivity contribution in [3.05, 3.63) is 66.2 Å². The Morgan fingerprint density at radius 1 is 0.970 bits per heavy atom.